The lowest BCUT2D eigenvalue weighted by Gasteiger charge is -2.22. The minimum Gasteiger partial charge on any atom is -0.395 e. The molecule has 5 aromatic rings. The minimum atomic E-state index is -0.0544. The molecule has 3 aromatic heterocycles. The van der Waals surface area contributed by atoms with Gasteiger partial charge in [0, 0.05) is 29.6 Å². The number of thiophene rings is 1. The molecule has 31 heavy (non-hydrogen) atoms. The summed E-state index contributed by atoms with van der Waals surface area (Å²) in [4.78, 5) is 12.4. The lowest BCUT2D eigenvalue weighted by atomic mass is 10.1. The molecule has 3 heterocycles. The summed E-state index contributed by atoms with van der Waals surface area (Å²) in [5.41, 5.74) is 3.78. The van der Waals surface area contributed by atoms with Gasteiger partial charge in [-0.2, -0.15) is 4.52 Å². The van der Waals surface area contributed by atoms with Crippen molar-refractivity contribution in [1.82, 2.24) is 19.6 Å². The van der Waals surface area contributed by atoms with Crippen molar-refractivity contribution in [1.29, 1.82) is 0 Å². The Balaban J connectivity index is 1.81. The maximum atomic E-state index is 9.55. The molecule has 0 fully saturated rings. The molecule has 0 saturated carbocycles. The molecular weight excluding hydrogens is 410 g/mol. The summed E-state index contributed by atoms with van der Waals surface area (Å²) in [7, 11) is 0. The molecule has 0 bridgehead atoms. The number of aromatic nitrogens is 4. The van der Waals surface area contributed by atoms with Crippen LogP contribution in [0.15, 0.2) is 66.0 Å². The third kappa shape index (κ3) is 3.54. The number of nitrogens with zero attached hydrogens (tertiary/aromatic N) is 5. The molecule has 0 saturated heterocycles. The molecular formula is C23H21N5O2S. The maximum absolute atomic E-state index is 9.55. The van der Waals surface area contributed by atoms with E-state index >= 15 is 0 Å². The molecule has 156 valence electrons. The van der Waals surface area contributed by atoms with E-state index in [-0.39, 0.29) is 13.2 Å². The van der Waals surface area contributed by atoms with Gasteiger partial charge in [0.25, 0.3) is 0 Å². The molecule has 0 aliphatic heterocycles. The molecule has 5 rings (SSSR count). The number of aliphatic hydroxyl groups is 2. The van der Waals surface area contributed by atoms with E-state index in [2.05, 4.69) is 17.5 Å². The number of anilines is 1. The van der Waals surface area contributed by atoms with Crippen molar-refractivity contribution in [3.63, 3.8) is 0 Å². The molecule has 0 radical (unpaired) electrons. The van der Waals surface area contributed by atoms with Crippen LogP contribution in [0.2, 0.25) is 0 Å². The van der Waals surface area contributed by atoms with Crippen LogP contribution in [0.5, 0.6) is 0 Å². The second-order valence-corrected chi connectivity index (χ2v) is 7.94. The Bertz CT molecular complexity index is 1310. The van der Waals surface area contributed by atoms with Gasteiger partial charge in [0.05, 0.1) is 18.6 Å². The second-order valence-electron chi connectivity index (χ2n) is 7.08. The summed E-state index contributed by atoms with van der Waals surface area (Å²) >= 11 is 1.55. The highest BCUT2D eigenvalue weighted by molar-refractivity contribution is 7.17. The van der Waals surface area contributed by atoms with Gasteiger partial charge in [-0.15, -0.1) is 16.4 Å². The smallest absolute Gasteiger partial charge is 0.230 e. The van der Waals surface area contributed by atoms with E-state index in [0.717, 1.165) is 26.9 Å². The van der Waals surface area contributed by atoms with Gasteiger partial charge in [-0.05, 0) is 5.56 Å². The predicted octanol–water partition coefficient (Wildman–Crippen LogP) is 3.46. The van der Waals surface area contributed by atoms with Crippen molar-refractivity contribution >= 4 is 33.1 Å². The van der Waals surface area contributed by atoms with Crippen LogP contribution in [0.25, 0.3) is 38.4 Å². The Hall–Kier alpha value is -3.33. The van der Waals surface area contributed by atoms with Gasteiger partial charge in [0.15, 0.2) is 11.5 Å². The largest absolute Gasteiger partial charge is 0.395 e. The molecule has 8 heteroatoms. The van der Waals surface area contributed by atoms with Gasteiger partial charge in [-0.3, -0.25) is 0 Å². The van der Waals surface area contributed by atoms with Gasteiger partial charge in [-0.1, -0.05) is 60.7 Å². The van der Waals surface area contributed by atoms with Gasteiger partial charge >= 0.3 is 0 Å². The van der Waals surface area contributed by atoms with Crippen molar-refractivity contribution in [3.8, 4) is 22.5 Å². The van der Waals surface area contributed by atoms with E-state index in [9.17, 15) is 10.2 Å². The first-order valence-electron chi connectivity index (χ1n) is 10.1. The van der Waals surface area contributed by atoms with Crippen LogP contribution in [-0.2, 0) is 0 Å². The van der Waals surface area contributed by atoms with Gasteiger partial charge < -0.3 is 15.1 Å². The molecule has 0 spiro atoms. The van der Waals surface area contributed by atoms with Gasteiger partial charge in [-0.25, -0.2) is 9.97 Å². The van der Waals surface area contributed by atoms with Crippen molar-refractivity contribution in [3.05, 3.63) is 66.0 Å². The Kier molecular flexibility index (Phi) is 5.33. The van der Waals surface area contributed by atoms with E-state index < -0.39 is 0 Å². The zero-order valence-corrected chi connectivity index (χ0v) is 17.5. The molecule has 0 unspecified atom stereocenters. The number of hydrogen-bond donors (Lipinski definition) is 2. The summed E-state index contributed by atoms with van der Waals surface area (Å²) < 4.78 is 1.73. The standard InChI is InChI=1S/C23H21N5O2S/c29-13-11-27(12-14-30)23-25-22-19(18(15-31-22)16-7-3-1-4-8-16)21-24-20(26-28(21)23)17-9-5-2-6-10-17/h1-10,15,29-30H,11-14H2. The molecule has 0 aliphatic carbocycles. The highest BCUT2D eigenvalue weighted by Gasteiger charge is 2.22. The van der Waals surface area contributed by atoms with Crippen molar-refractivity contribution < 1.29 is 10.2 Å². The lowest BCUT2D eigenvalue weighted by Crippen LogP contribution is -2.32. The highest BCUT2D eigenvalue weighted by Crippen LogP contribution is 2.37. The van der Waals surface area contributed by atoms with Crippen LogP contribution in [-0.4, -0.2) is 56.1 Å². The molecule has 7 nitrogen and oxygen atoms in total. The minimum absolute atomic E-state index is 0.0544. The first-order chi connectivity index (χ1) is 15.3. The maximum Gasteiger partial charge on any atom is 0.230 e. The summed E-state index contributed by atoms with van der Waals surface area (Å²) in [5, 5.41) is 26.9. The van der Waals surface area contributed by atoms with Crippen LogP contribution >= 0.6 is 11.3 Å². The average molecular weight is 432 g/mol. The highest BCUT2D eigenvalue weighted by atomic mass is 32.1. The third-order valence-electron chi connectivity index (χ3n) is 5.13. The van der Waals surface area contributed by atoms with Crippen LogP contribution in [0.4, 0.5) is 5.95 Å². The van der Waals surface area contributed by atoms with Crippen LogP contribution in [0.1, 0.15) is 0 Å². The molecule has 0 aliphatic rings. The fraction of sp³-hybridized carbons (Fsp3) is 0.174. The summed E-state index contributed by atoms with van der Waals surface area (Å²) in [5.74, 6) is 1.16. The Morgan fingerprint density at radius 3 is 2.13 bits per heavy atom. The topological polar surface area (TPSA) is 86.8 Å². The quantitative estimate of drug-likeness (QED) is 0.410. The number of hydrogen-bond acceptors (Lipinski definition) is 7. The Morgan fingerprint density at radius 1 is 0.839 bits per heavy atom. The zero-order chi connectivity index (χ0) is 21.2. The molecule has 2 aromatic carbocycles. The number of benzene rings is 2. The Labute approximate surface area is 182 Å². The normalized spacial score (nSPS) is 11.4. The van der Waals surface area contributed by atoms with Gasteiger partial charge in [0.1, 0.15) is 4.83 Å². The first-order valence-corrected chi connectivity index (χ1v) is 10.9. The lowest BCUT2D eigenvalue weighted by molar-refractivity contribution is 0.280. The summed E-state index contributed by atoms with van der Waals surface area (Å²) in [6.45, 7) is 0.569. The number of rotatable bonds is 7. The molecule has 2 N–H and O–H groups in total. The van der Waals surface area contributed by atoms with Gasteiger partial charge in [0.2, 0.25) is 5.95 Å². The number of aliphatic hydroxyl groups excluding tert-OH is 2. The Morgan fingerprint density at radius 2 is 1.48 bits per heavy atom. The zero-order valence-electron chi connectivity index (χ0n) is 16.7. The average Bonchev–Trinajstić information content (AvgIpc) is 3.44. The van der Waals surface area contributed by atoms with E-state index in [0.29, 0.717) is 30.5 Å². The van der Waals surface area contributed by atoms with E-state index in [1.54, 1.807) is 15.9 Å². The van der Waals surface area contributed by atoms with Crippen molar-refractivity contribution in [2.75, 3.05) is 31.2 Å². The van der Waals surface area contributed by atoms with E-state index in [1.165, 1.54) is 0 Å². The third-order valence-corrected chi connectivity index (χ3v) is 6.01. The second kappa shape index (κ2) is 8.43. The first kappa shape index (κ1) is 19.6. The van der Waals surface area contributed by atoms with Crippen molar-refractivity contribution in [2.45, 2.75) is 0 Å². The molecule has 0 amide bonds. The van der Waals surface area contributed by atoms with E-state index in [4.69, 9.17) is 15.1 Å². The van der Waals surface area contributed by atoms with Crippen LogP contribution in [0, 0.1) is 0 Å². The monoisotopic (exact) mass is 431 g/mol. The van der Waals surface area contributed by atoms with Crippen LogP contribution in [0.3, 0.4) is 0 Å². The SMILES string of the molecule is OCCN(CCO)c1nc2scc(-c3ccccc3)c2c2nc(-c3ccccc3)nn12. The fourth-order valence-electron chi connectivity index (χ4n) is 3.70. The fourth-order valence-corrected chi connectivity index (χ4v) is 4.63. The summed E-state index contributed by atoms with van der Waals surface area (Å²) in [6.07, 6.45) is 0. The van der Waals surface area contributed by atoms with E-state index in [1.807, 2.05) is 53.4 Å². The molecule has 0 atom stereocenters. The predicted molar refractivity (Wildman–Crippen MR) is 123 cm³/mol. The summed E-state index contributed by atoms with van der Waals surface area (Å²) in [6, 6.07) is 20.0. The number of fused-ring (bicyclic) bond motifs is 3. The van der Waals surface area contributed by atoms with Crippen LogP contribution < -0.4 is 4.90 Å². The van der Waals surface area contributed by atoms with Crippen molar-refractivity contribution in [2.24, 2.45) is 0 Å².